The van der Waals surface area contributed by atoms with Crippen molar-refractivity contribution in [1.82, 2.24) is 0 Å². The molecule has 1 atom stereocenters. The first kappa shape index (κ1) is 56.6. The Morgan fingerprint density at radius 3 is 1.28 bits per heavy atom. The summed E-state index contributed by atoms with van der Waals surface area (Å²) in [4.78, 5) is 37.8. The van der Waals surface area contributed by atoms with Gasteiger partial charge in [-0.25, -0.2) is 0 Å². The summed E-state index contributed by atoms with van der Waals surface area (Å²) >= 11 is 0. The molecule has 6 heteroatoms. The molecule has 0 bridgehead atoms. The molecular formula is C54H90O6. The van der Waals surface area contributed by atoms with Gasteiger partial charge in [-0.15, -0.1) is 0 Å². The molecule has 0 aromatic heterocycles. The van der Waals surface area contributed by atoms with Gasteiger partial charge in [-0.2, -0.15) is 0 Å². The summed E-state index contributed by atoms with van der Waals surface area (Å²) in [7, 11) is 0. The Morgan fingerprint density at radius 1 is 0.367 bits per heavy atom. The molecule has 0 rings (SSSR count). The molecule has 60 heavy (non-hydrogen) atoms. The summed E-state index contributed by atoms with van der Waals surface area (Å²) in [5.74, 6) is -1.02. The van der Waals surface area contributed by atoms with E-state index in [4.69, 9.17) is 14.2 Å². The van der Waals surface area contributed by atoms with Gasteiger partial charge in [-0.3, -0.25) is 14.4 Å². The van der Waals surface area contributed by atoms with Crippen molar-refractivity contribution in [3.63, 3.8) is 0 Å². The van der Waals surface area contributed by atoms with Crippen LogP contribution in [0.5, 0.6) is 0 Å². The highest BCUT2D eigenvalue weighted by Crippen LogP contribution is 2.13. The van der Waals surface area contributed by atoms with Crippen LogP contribution >= 0.6 is 0 Å². The minimum absolute atomic E-state index is 0.113. The number of unbranched alkanes of at least 4 members (excludes halogenated alkanes) is 21. The molecule has 0 saturated carbocycles. The third-order valence-electron chi connectivity index (χ3n) is 10.2. The molecular weight excluding hydrogens is 745 g/mol. The fraction of sp³-hybridized carbons (Fsp3) is 0.685. The van der Waals surface area contributed by atoms with Crippen LogP contribution in [0.15, 0.2) is 85.1 Å². The monoisotopic (exact) mass is 835 g/mol. The Balaban J connectivity index is 4.52. The predicted octanol–water partition coefficient (Wildman–Crippen LogP) is 16.0. The number of allylic oxidation sites excluding steroid dienone is 14. The lowest BCUT2D eigenvalue weighted by Gasteiger charge is -2.18. The molecule has 0 saturated heterocycles. The molecule has 342 valence electrons. The zero-order valence-corrected chi connectivity index (χ0v) is 38.9. The van der Waals surface area contributed by atoms with Gasteiger partial charge in [0.1, 0.15) is 13.2 Å². The van der Waals surface area contributed by atoms with Gasteiger partial charge in [0.2, 0.25) is 0 Å². The lowest BCUT2D eigenvalue weighted by atomic mass is 10.1. The van der Waals surface area contributed by atoms with Gasteiger partial charge in [0.25, 0.3) is 0 Å². The summed E-state index contributed by atoms with van der Waals surface area (Å²) < 4.78 is 16.7. The molecule has 0 spiro atoms. The molecule has 0 aromatic rings. The number of rotatable bonds is 43. The molecule has 0 aromatic carbocycles. The average Bonchev–Trinajstić information content (AvgIpc) is 3.24. The quantitative estimate of drug-likeness (QED) is 0.0200. The van der Waals surface area contributed by atoms with E-state index in [0.29, 0.717) is 19.3 Å². The van der Waals surface area contributed by atoms with Gasteiger partial charge in [-0.1, -0.05) is 202 Å². The minimum Gasteiger partial charge on any atom is -0.462 e. The highest BCUT2D eigenvalue weighted by atomic mass is 16.6. The van der Waals surface area contributed by atoms with Gasteiger partial charge < -0.3 is 14.2 Å². The van der Waals surface area contributed by atoms with Crippen LogP contribution in [0.25, 0.3) is 0 Å². The molecule has 0 N–H and O–H groups in total. The van der Waals surface area contributed by atoms with Crippen molar-refractivity contribution in [3.8, 4) is 0 Å². The maximum Gasteiger partial charge on any atom is 0.306 e. The van der Waals surface area contributed by atoms with Crippen LogP contribution in [0, 0.1) is 0 Å². The summed E-state index contributed by atoms with van der Waals surface area (Å²) in [6.45, 7) is 6.39. The van der Waals surface area contributed by atoms with Crippen molar-refractivity contribution in [2.75, 3.05) is 13.2 Å². The summed E-state index contributed by atoms with van der Waals surface area (Å²) in [6.07, 6.45) is 61.5. The van der Waals surface area contributed by atoms with Crippen LogP contribution in [0.1, 0.15) is 220 Å². The second-order valence-electron chi connectivity index (χ2n) is 16.1. The SMILES string of the molecule is CC\C=C/C=C\C=C/C=C\CCCCCCCC(=O)OCC(COC(=O)CC/C=C\C/C=C\CCCCCCCC)OC(=O)CCCCC/C=C\CCCCCCCCC. The van der Waals surface area contributed by atoms with Crippen LogP contribution in [0.2, 0.25) is 0 Å². The zero-order valence-electron chi connectivity index (χ0n) is 38.9. The normalized spacial score (nSPS) is 12.8. The van der Waals surface area contributed by atoms with Gasteiger partial charge in [0, 0.05) is 19.3 Å². The van der Waals surface area contributed by atoms with E-state index < -0.39 is 6.10 Å². The number of carbonyl (C=O) groups excluding carboxylic acids is 3. The first-order valence-electron chi connectivity index (χ1n) is 24.6. The summed E-state index contributed by atoms with van der Waals surface area (Å²) in [5.41, 5.74) is 0. The van der Waals surface area contributed by atoms with Crippen LogP contribution in [-0.4, -0.2) is 37.2 Å². The molecule has 0 heterocycles. The van der Waals surface area contributed by atoms with Gasteiger partial charge >= 0.3 is 17.9 Å². The van der Waals surface area contributed by atoms with Crippen molar-refractivity contribution in [2.24, 2.45) is 0 Å². The second-order valence-corrected chi connectivity index (χ2v) is 16.1. The van der Waals surface area contributed by atoms with Gasteiger partial charge in [0.05, 0.1) is 0 Å². The van der Waals surface area contributed by atoms with Gasteiger partial charge in [-0.05, 0) is 83.5 Å². The smallest absolute Gasteiger partial charge is 0.306 e. The molecule has 0 aliphatic carbocycles. The molecule has 6 nitrogen and oxygen atoms in total. The first-order valence-corrected chi connectivity index (χ1v) is 24.6. The van der Waals surface area contributed by atoms with Crippen LogP contribution in [-0.2, 0) is 28.6 Å². The Bertz CT molecular complexity index is 1190. The van der Waals surface area contributed by atoms with Crippen LogP contribution in [0.4, 0.5) is 0 Å². The first-order chi connectivity index (χ1) is 29.5. The van der Waals surface area contributed by atoms with E-state index in [0.717, 1.165) is 89.9 Å². The van der Waals surface area contributed by atoms with E-state index in [1.54, 1.807) is 0 Å². The second kappa shape index (κ2) is 48.3. The Labute approximate surface area is 369 Å². The van der Waals surface area contributed by atoms with Crippen molar-refractivity contribution in [3.05, 3.63) is 85.1 Å². The zero-order chi connectivity index (χ0) is 43.7. The fourth-order valence-corrected chi connectivity index (χ4v) is 6.50. The largest absolute Gasteiger partial charge is 0.462 e. The van der Waals surface area contributed by atoms with E-state index in [1.807, 2.05) is 30.4 Å². The van der Waals surface area contributed by atoms with Crippen LogP contribution < -0.4 is 0 Å². The Morgan fingerprint density at radius 2 is 0.750 bits per heavy atom. The standard InChI is InChI=1S/C54H90O6/c1-4-7-10-13-16-19-22-25-27-30-32-35-38-41-44-47-53(56)59-50-51(49-58-52(55)46-43-40-37-34-31-28-24-21-18-15-12-9-6-3)60-54(57)48-45-42-39-36-33-29-26-23-20-17-14-11-8-5-2/h7,10,13,16,19,22,25,27-29,31,33,37,40,51H,4-6,8-9,11-12,14-15,17-18,20-21,23-24,26,30,32,34-36,38-39,41-50H2,1-3H3/b10-7-,16-13-,22-19-,27-25-,31-28-,33-29-,40-37-. The van der Waals surface area contributed by atoms with E-state index in [-0.39, 0.29) is 37.5 Å². The van der Waals surface area contributed by atoms with Crippen LogP contribution in [0.3, 0.4) is 0 Å². The number of hydrogen-bond acceptors (Lipinski definition) is 6. The topological polar surface area (TPSA) is 78.9 Å². The Hall–Kier alpha value is -3.41. The predicted molar refractivity (Wildman–Crippen MR) is 256 cm³/mol. The summed E-state index contributed by atoms with van der Waals surface area (Å²) in [6, 6.07) is 0. The van der Waals surface area contributed by atoms with E-state index in [9.17, 15) is 14.4 Å². The van der Waals surface area contributed by atoms with E-state index in [2.05, 4.69) is 75.5 Å². The molecule has 0 radical (unpaired) electrons. The van der Waals surface area contributed by atoms with Crippen molar-refractivity contribution in [1.29, 1.82) is 0 Å². The lowest BCUT2D eigenvalue weighted by Crippen LogP contribution is -2.30. The molecule has 0 amide bonds. The number of carbonyl (C=O) groups is 3. The maximum absolute atomic E-state index is 12.8. The average molecular weight is 835 g/mol. The van der Waals surface area contributed by atoms with Crippen molar-refractivity contribution < 1.29 is 28.6 Å². The van der Waals surface area contributed by atoms with Crippen molar-refractivity contribution in [2.45, 2.75) is 226 Å². The number of esters is 3. The molecule has 1 unspecified atom stereocenters. The highest BCUT2D eigenvalue weighted by Gasteiger charge is 2.19. The minimum atomic E-state index is -0.816. The van der Waals surface area contributed by atoms with Crippen molar-refractivity contribution >= 4 is 17.9 Å². The third-order valence-corrected chi connectivity index (χ3v) is 10.2. The fourth-order valence-electron chi connectivity index (χ4n) is 6.50. The Kier molecular flexibility index (Phi) is 45.5. The maximum atomic E-state index is 12.8. The number of ether oxygens (including phenoxy) is 3. The van der Waals surface area contributed by atoms with E-state index in [1.165, 1.54) is 83.5 Å². The molecule has 0 aliphatic rings. The number of hydrogen-bond donors (Lipinski definition) is 0. The molecule has 0 fully saturated rings. The molecule has 0 aliphatic heterocycles. The van der Waals surface area contributed by atoms with Gasteiger partial charge in [0.15, 0.2) is 6.10 Å². The van der Waals surface area contributed by atoms with E-state index >= 15 is 0 Å². The lowest BCUT2D eigenvalue weighted by molar-refractivity contribution is -0.166. The summed E-state index contributed by atoms with van der Waals surface area (Å²) in [5, 5.41) is 0. The highest BCUT2D eigenvalue weighted by molar-refractivity contribution is 5.71. The third kappa shape index (κ3) is 45.7.